The van der Waals surface area contributed by atoms with E-state index in [1.807, 2.05) is 0 Å². The zero-order valence-electron chi connectivity index (χ0n) is 26.4. The Morgan fingerprint density at radius 3 is 1.48 bits per heavy atom. The Bertz CT molecular complexity index is 2050. The Kier molecular flexibility index (Phi) is 6.21. The zero-order valence-corrected chi connectivity index (χ0v) is 26.4. The van der Waals surface area contributed by atoms with Crippen LogP contribution in [0.3, 0.4) is 0 Å². The maximum Gasteiger partial charge on any atom is 0.0210 e. The van der Waals surface area contributed by atoms with E-state index in [1.54, 1.807) is 11.1 Å². The first-order valence-corrected chi connectivity index (χ1v) is 16.6. The third-order valence-corrected chi connectivity index (χ3v) is 11.5. The van der Waals surface area contributed by atoms with Gasteiger partial charge in [-0.2, -0.15) is 0 Å². The van der Waals surface area contributed by atoms with Crippen LogP contribution in [0.4, 0.5) is 0 Å². The largest absolute Gasteiger partial charge is 0.0642 e. The molecule has 0 nitrogen and oxygen atoms in total. The van der Waals surface area contributed by atoms with Gasteiger partial charge in [-0.1, -0.05) is 131 Å². The van der Waals surface area contributed by atoms with E-state index in [1.165, 1.54) is 66.4 Å². The van der Waals surface area contributed by atoms with E-state index in [0.29, 0.717) is 0 Å². The number of fused-ring (bicyclic) bond motifs is 7. The lowest BCUT2D eigenvalue weighted by Gasteiger charge is -2.33. The first-order valence-electron chi connectivity index (χ1n) is 16.6. The van der Waals surface area contributed by atoms with Crippen LogP contribution >= 0.6 is 0 Å². The van der Waals surface area contributed by atoms with Crippen molar-refractivity contribution in [3.8, 4) is 44.5 Å². The Labute approximate surface area is 262 Å². The Balaban J connectivity index is 1.23. The summed E-state index contributed by atoms with van der Waals surface area (Å²) in [5, 5.41) is 2.57. The van der Waals surface area contributed by atoms with Gasteiger partial charge in [0.05, 0.1) is 0 Å². The second kappa shape index (κ2) is 10.1. The standard InChI is InChI=1S/C44H40/c1-5-43(6-2)39-16-12-11-15-35(39)37-27-38-36-24-23-34(26-40(36)44(7-3,8-4)42(38)28-41(37)43)31-19-17-30(18-20-31)33-22-21-29-13-9-10-14-32(29)25-33/h9-28H,5-8H2,1-4H3. The topological polar surface area (TPSA) is 0 Å². The number of rotatable bonds is 6. The van der Waals surface area contributed by atoms with Crippen molar-refractivity contribution < 1.29 is 0 Å². The van der Waals surface area contributed by atoms with Crippen LogP contribution in [0, 0.1) is 0 Å². The molecular weight excluding hydrogens is 528 g/mol. The molecule has 0 saturated carbocycles. The lowest BCUT2D eigenvalue weighted by atomic mass is 9.70. The van der Waals surface area contributed by atoms with Crippen LogP contribution in [0.15, 0.2) is 121 Å². The van der Waals surface area contributed by atoms with Crippen LogP contribution in [0.25, 0.3) is 55.3 Å². The summed E-state index contributed by atoms with van der Waals surface area (Å²) in [5.41, 5.74) is 17.1. The molecule has 0 N–H and O–H groups in total. The molecule has 0 aromatic heterocycles. The molecule has 0 aliphatic heterocycles. The quantitative estimate of drug-likeness (QED) is 0.187. The first kappa shape index (κ1) is 27.2. The van der Waals surface area contributed by atoms with Gasteiger partial charge in [0.25, 0.3) is 0 Å². The highest BCUT2D eigenvalue weighted by atomic mass is 14.5. The number of benzene rings is 6. The van der Waals surface area contributed by atoms with Crippen LogP contribution in [-0.2, 0) is 10.8 Å². The van der Waals surface area contributed by atoms with Crippen molar-refractivity contribution in [3.05, 3.63) is 144 Å². The van der Waals surface area contributed by atoms with Crippen molar-refractivity contribution in [2.24, 2.45) is 0 Å². The van der Waals surface area contributed by atoms with Crippen LogP contribution in [0.5, 0.6) is 0 Å². The summed E-state index contributed by atoms with van der Waals surface area (Å²) in [5.74, 6) is 0. The summed E-state index contributed by atoms with van der Waals surface area (Å²) in [7, 11) is 0. The first-order chi connectivity index (χ1) is 21.6. The van der Waals surface area contributed by atoms with Gasteiger partial charge in [-0.3, -0.25) is 0 Å². The van der Waals surface area contributed by atoms with Gasteiger partial charge in [-0.05, 0) is 121 Å². The molecule has 2 aliphatic carbocycles. The van der Waals surface area contributed by atoms with E-state index in [2.05, 4.69) is 149 Å². The Hall–Kier alpha value is -4.42. The molecule has 0 fully saturated rings. The van der Waals surface area contributed by atoms with Crippen LogP contribution in [0.1, 0.15) is 75.6 Å². The van der Waals surface area contributed by atoms with Crippen molar-refractivity contribution in [2.75, 3.05) is 0 Å². The van der Waals surface area contributed by atoms with E-state index in [4.69, 9.17) is 0 Å². The van der Waals surface area contributed by atoms with Crippen molar-refractivity contribution in [2.45, 2.75) is 64.2 Å². The van der Waals surface area contributed by atoms with Crippen LogP contribution < -0.4 is 0 Å². The zero-order chi connectivity index (χ0) is 30.1. The lowest BCUT2D eigenvalue weighted by molar-refractivity contribution is 0.476. The highest BCUT2D eigenvalue weighted by molar-refractivity contribution is 5.92. The molecule has 8 rings (SSSR count). The van der Waals surface area contributed by atoms with Crippen LogP contribution in [0.2, 0.25) is 0 Å². The molecule has 0 heterocycles. The molecule has 216 valence electrons. The molecule has 6 aromatic carbocycles. The second-order valence-corrected chi connectivity index (χ2v) is 13.0. The van der Waals surface area contributed by atoms with Crippen molar-refractivity contribution >= 4 is 10.8 Å². The maximum absolute atomic E-state index is 2.64. The third kappa shape index (κ3) is 3.64. The minimum absolute atomic E-state index is 0.0305. The lowest BCUT2D eigenvalue weighted by Crippen LogP contribution is -2.26. The van der Waals surface area contributed by atoms with Gasteiger partial charge in [0.2, 0.25) is 0 Å². The van der Waals surface area contributed by atoms with Gasteiger partial charge in [-0.25, -0.2) is 0 Å². The van der Waals surface area contributed by atoms with E-state index >= 15 is 0 Å². The highest BCUT2D eigenvalue weighted by Gasteiger charge is 2.46. The van der Waals surface area contributed by atoms with Gasteiger partial charge < -0.3 is 0 Å². The number of hydrogen-bond donors (Lipinski definition) is 0. The Morgan fingerprint density at radius 2 is 0.818 bits per heavy atom. The monoisotopic (exact) mass is 568 g/mol. The predicted molar refractivity (Wildman–Crippen MR) is 188 cm³/mol. The molecule has 0 unspecified atom stereocenters. The van der Waals surface area contributed by atoms with E-state index in [0.717, 1.165) is 25.7 Å². The molecule has 0 heteroatoms. The molecule has 0 bridgehead atoms. The molecule has 0 atom stereocenters. The molecule has 2 aliphatic rings. The third-order valence-electron chi connectivity index (χ3n) is 11.5. The van der Waals surface area contributed by atoms with E-state index in [9.17, 15) is 0 Å². The summed E-state index contributed by atoms with van der Waals surface area (Å²) in [6, 6.07) is 46.2. The van der Waals surface area contributed by atoms with E-state index < -0.39 is 0 Å². The van der Waals surface area contributed by atoms with Gasteiger partial charge in [0.1, 0.15) is 0 Å². The molecule has 44 heavy (non-hydrogen) atoms. The molecule has 6 aromatic rings. The minimum Gasteiger partial charge on any atom is -0.0642 e. The van der Waals surface area contributed by atoms with Crippen molar-refractivity contribution in [1.82, 2.24) is 0 Å². The fraction of sp³-hybridized carbons (Fsp3) is 0.227. The molecule has 0 spiro atoms. The molecule has 0 radical (unpaired) electrons. The Morgan fingerprint density at radius 1 is 0.341 bits per heavy atom. The second-order valence-electron chi connectivity index (χ2n) is 13.0. The summed E-state index contributed by atoms with van der Waals surface area (Å²) >= 11 is 0. The van der Waals surface area contributed by atoms with Gasteiger partial charge in [0, 0.05) is 10.8 Å². The van der Waals surface area contributed by atoms with Gasteiger partial charge in [0.15, 0.2) is 0 Å². The fourth-order valence-corrected chi connectivity index (χ4v) is 8.86. The van der Waals surface area contributed by atoms with E-state index in [-0.39, 0.29) is 10.8 Å². The van der Waals surface area contributed by atoms with Gasteiger partial charge in [-0.15, -0.1) is 0 Å². The summed E-state index contributed by atoms with van der Waals surface area (Å²) < 4.78 is 0. The summed E-state index contributed by atoms with van der Waals surface area (Å²) in [4.78, 5) is 0. The van der Waals surface area contributed by atoms with Crippen LogP contribution in [-0.4, -0.2) is 0 Å². The summed E-state index contributed by atoms with van der Waals surface area (Å²) in [6.07, 6.45) is 4.46. The smallest absolute Gasteiger partial charge is 0.0210 e. The average molecular weight is 569 g/mol. The molecular formula is C44H40. The predicted octanol–water partition coefficient (Wildman–Crippen LogP) is 12.3. The minimum atomic E-state index is 0.0305. The highest BCUT2D eigenvalue weighted by Crippen LogP contribution is 2.59. The van der Waals surface area contributed by atoms with Gasteiger partial charge >= 0.3 is 0 Å². The SMILES string of the molecule is CCC1(CC)c2ccccc2-c2cc3c(cc21)C(CC)(CC)c1cc(-c2ccc(-c4ccc5ccccc5c4)cc2)ccc1-3. The fourth-order valence-electron chi connectivity index (χ4n) is 8.86. The molecule has 0 saturated heterocycles. The van der Waals surface area contributed by atoms with Crippen molar-refractivity contribution in [3.63, 3.8) is 0 Å². The van der Waals surface area contributed by atoms with Crippen molar-refractivity contribution in [1.29, 1.82) is 0 Å². The molecule has 0 amide bonds. The summed E-state index contributed by atoms with van der Waals surface area (Å²) in [6.45, 7) is 9.54. The normalized spacial score (nSPS) is 15.1. The average Bonchev–Trinajstić information content (AvgIpc) is 3.53. The maximum atomic E-state index is 2.64. The number of hydrogen-bond acceptors (Lipinski definition) is 0.